The lowest BCUT2D eigenvalue weighted by Gasteiger charge is -2.05. The van der Waals surface area contributed by atoms with Gasteiger partial charge in [0.2, 0.25) is 0 Å². The monoisotopic (exact) mass is 163 g/mol. The van der Waals surface area contributed by atoms with Gasteiger partial charge in [-0.25, -0.2) is 0 Å². The van der Waals surface area contributed by atoms with Crippen molar-refractivity contribution < 1.29 is 0 Å². The van der Waals surface area contributed by atoms with Crippen LogP contribution in [0.5, 0.6) is 0 Å². The van der Waals surface area contributed by atoms with Crippen LogP contribution in [0.1, 0.15) is 20.8 Å². The fourth-order valence-corrected chi connectivity index (χ4v) is 1.37. The van der Waals surface area contributed by atoms with Gasteiger partial charge in [0, 0.05) is 19.8 Å². The van der Waals surface area contributed by atoms with Gasteiger partial charge in [0.05, 0.1) is 0 Å². The average molecular weight is 163 g/mol. The summed E-state index contributed by atoms with van der Waals surface area (Å²) in [5, 5.41) is 0. The largest absolute Gasteiger partial charge is 0.376 e. The van der Waals surface area contributed by atoms with E-state index in [0.717, 1.165) is 6.54 Å². The third kappa shape index (κ3) is 2.00. The van der Waals surface area contributed by atoms with Crippen molar-refractivity contribution in [2.45, 2.75) is 20.8 Å². The molecule has 0 saturated heterocycles. The molecule has 1 nitrogen and oxygen atoms in total. The highest BCUT2D eigenvalue weighted by Crippen LogP contribution is 2.19. The Bertz CT molecular complexity index is 256. The highest BCUT2D eigenvalue weighted by Gasteiger charge is 2.10. The van der Waals surface area contributed by atoms with E-state index in [4.69, 9.17) is 0 Å². The van der Waals surface area contributed by atoms with Crippen LogP contribution in [0.15, 0.2) is 35.1 Å². The lowest BCUT2D eigenvalue weighted by Crippen LogP contribution is -2.06. The van der Waals surface area contributed by atoms with E-state index in [0.29, 0.717) is 0 Å². The Labute approximate surface area is 75.1 Å². The van der Waals surface area contributed by atoms with E-state index < -0.39 is 0 Å². The van der Waals surface area contributed by atoms with Gasteiger partial charge >= 0.3 is 0 Å². The predicted octanol–water partition coefficient (Wildman–Crippen LogP) is 2.73. The third-order valence-corrected chi connectivity index (χ3v) is 2.20. The first-order valence-electron chi connectivity index (χ1n) is 4.36. The van der Waals surface area contributed by atoms with Gasteiger partial charge in [0.25, 0.3) is 0 Å². The first-order valence-corrected chi connectivity index (χ1v) is 4.36. The molecule has 1 rings (SSSR count). The summed E-state index contributed by atoms with van der Waals surface area (Å²) in [7, 11) is 2.11. The minimum atomic E-state index is 1.05. The summed E-state index contributed by atoms with van der Waals surface area (Å²) in [6.45, 7) is 7.43. The molecule has 0 amide bonds. The second kappa shape index (κ2) is 3.61. The van der Waals surface area contributed by atoms with E-state index in [9.17, 15) is 0 Å². The van der Waals surface area contributed by atoms with E-state index in [1.807, 2.05) is 0 Å². The summed E-state index contributed by atoms with van der Waals surface area (Å²) >= 11 is 0. The highest BCUT2D eigenvalue weighted by molar-refractivity contribution is 5.39. The Morgan fingerprint density at radius 1 is 1.58 bits per heavy atom. The SMILES string of the molecule is C/C=C(C)\C=C1/CN(C)C=C1C. The van der Waals surface area contributed by atoms with Crippen LogP contribution in [-0.4, -0.2) is 18.5 Å². The van der Waals surface area contributed by atoms with Crippen LogP contribution >= 0.6 is 0 Å². The molecule has 0 bridgehead atoms. The number of rotatable bonds is 1. The molecule has 1 heteroatoms. The van der Waals surface area contributed by atoms with Crippen LogP contribution in [-0.2, 0) is 0 Å². The zero-order chi connectivity index (χ0) is 9.14. The third-order valence-electron chi connectivity index (χ3n) is 2.20. The molecule has 0 aromatic carbocycles. The Hall–Kier alpha value is -0.980. The summed E-state index contributed by atoms with van der Waals surface area (Å²) < 4.78 is 0. The molecule has 0 atom stereocenters. The molecule has 66 valence electrons. The Morgan fingerprint density at radius 2 is 2.25 bits per heavy atom. The topological polar surface area (TPSA) is 3.24 Å². The van der Waals surface area contributed by atoms with Gasteiger partial charge < -0.3 is 4.90 Å². The fourth-order valence-electron chi connectivity index (χ4n) is 1.37. The molecule has 1 aliphatic heterocycles. The van der Waals surface area contributed by atoms with Crippen LogP contribution in [0, 0.1) is 0 Å². The minimum absolute atomic E-state index is 1.05. The van der Waals surface area contributed by atoms with E-state index in [2.05, 4.69) is 51.1 Å². The summed E-state index contributed by atoms with van der Waals surface area (Å²) in [6.07, 6.45) is 6.59. The van der Waals surface area contributed by atoms with Gasteiger partial charge in [-0.15, -0.1) is 0 Å². The Morgan fingerprint density at radius 3 is 2.67 bits per heavy atom. The van der Waals surface area contributed by atoms with E-state index >= 15 is 0 Å². The van der Waals surface area contributed by atoms with Crippen LogP contribution in [0.2, 0.25) is 0 Å². The molecule has 0 aromatic rings. The summed E-state index contributed by atoms with van der Waals surface area (Å²) in [6, 6.07) is 0. The predicted molar refractivity (Wildman–Crippen MR) is 53.9 cm³/mol. The highest BCUT2D eigenvalue weighted by atomic mass is 15.1. The molecule has 0 aliphatic carbocycles. The van der Waals surface area contributed by atoms with Gasteiger partial charge in [0.15, 0.2) is 0 Å². The van der Waals surface area contributed by atoms with Crippen molar-refractivity contribution >= 4 is 0 Å². The van der Waals surface area contributed by atoms with Crippen molar-refractivity contribution in [3.63, 3.8) is 0 Å². The number of nitrogens with zero attached hydrogens (tertiary/aromatic N) is 1. The molecule has 12 heavy (non-hydrogen) atoms. The smallest absolute Gasteiger partial charge is 0.0424 e. The maximum absolute atomic E-state index is 2.26. The number of hydrogen-bond donors (Lipinski definition) is 0. The summed E-state index contributed by atoms with van der Waals surface area (Å²) in [5.74, 6) is 0. The average Bonchev–Trinajstić information content (AvgIpc) is 2.30. The van der Waals surface area contributed by atoms with Crippen LogP contribution in [0.4, 0.5) is 0 Å². The van der Waals surface area contributed by atoms with Crippen molar-refractivity contribution in [1.82, 2.24) is 4.90 Å². The van der Waals surface area contributed by atoms with Gasteiger partial charge in [0.1, 0.15) is 0 Å². The maximum Gasteiger partial charge on any atom is 0.0424 e. The first-order chi connectivity index (χ1) is 5.63. The maximum atomic E-state index is 2.26. The van der Waals surface area contributed by atoms with Crippen LogP contribution < -0.4 is 0 Å². The molecule has 1 aliphatic rings. The van der Waals surface area contributed by atoms with Gasteiger partial charge in [-0.05, 0) is 31.9 Å². The quantitative estimate of drug-likeness (QED) is 0.574. The van der Waals surface area contributed by atoms with E-state index in [-0.39, 0.29) is 0 Å². The minimum Gasteiger partial charge on any atom is -0.376 e. The summed E-state index contributed by atoms with van der Waals surface area (Å²) in [5.41, 5.74) is 4.17. The molecular formula is C11H17N. The van der Waals surface area contributed by atoms with E-state index in [1.165, 1.54) is 16.7 Å². The Kier molecular flexibility index (Phi) is 2.74. The van der Waals surface area contributed by atoms with Crippen molar-refractivity contribution in [3.8, 4) is 0 Å². The van der Waals surface area contributed by atoms with E-state index in [1.54, 1.807) is 0 Å². The molecule has 0 spiro atoms. The zero-order valence-electron chi connectivity index (χ0n) is 8.39. The molecule has 0 aromatic heterocycles. The molecule has 0 radical (unpaired) electrons. The van der Waals surface area contributed by atoms with Crippen molar-refractivity contribution in [1.29, 1.82) is 0 Å². The molecule has 0 fully saturated rings. The van der Waals surface area contributed by atoms with Crippen molar-refractivity contribution in [2.24, 2.45) is 0 Å². The normalized spacial score (nSPS) is 22.0. The first kappa shape index (κ1) is 9.11. The number of allylic oxidation sites excluding steroid dienone is 3. The second-order valence-electron chi connectivity index (χ2n) is 3.43. The second-order valence-corrected chi connectivity index (χ2v) is 3.43. The van der Waals surface area contributed by atoms with Crippen molar-refractivity contribution in [2.75, 3.05) is 13.6 Å². The molecular weight excluding hydrogens is 146 g/mol. The molecule has 0 unspecified atom stereocenters. The van der Waals surface area contributed by atoms with Gasteiger partial charge in [-0.1, -0.05) is 17.7 Å². The number of hydrogen-bond acceptors (Lipinski definition) is 1. The lowest BCUT2D eigenvalue weighted by atomic mass is 10.1. The standard InChI is InChI=1S/C11H17N/c1-5-9(2)6-11-8-12(4)7-10(11)3/h5-7H,8H2,1-4H3/b9-5-,11-6+. The molecule has 0 saturated carbocycles. The van der Waals surface area contributed by atoms with Crippen molar-refractivity contribution in [3.05, 3.63) is 35.1 Å². The number of likely N-dealkylation sites (N-methyl/N-ethyl adjacent to an activating group) is 1. The fraction of sp³-hybridized carbons (Fsp3) is 0.455. The van der Waals surface area contributed by atoms with Gasteiger partial charge in [-0.2, -0.15) is 0 Å². The molecule has 0 N–H and O–H groups in total. The molecule has 1 heterocycles. The van der Waals surface area contributed by atoms with Crippen LogP contribution in [0.25, 0.3) is 0 Å². The zero-order valence-corrected chi connectivity index (χ0v) is 8.39. The lowest BCUT2D eigenvalue weighted by molar-refractivity contribution is 0.522. The Balaban J connectivity index is 2.80. The van der Waals surface area contributed by atoms with Crippen LogP contribution in [0.3, 0.4) is 0 Å². The summed E-state index contributed by atoms with van der Waals surface area (Å²) in [4.78, 5) is 2.21. The van der Waals surface area contributed by atoms with Gasteiger partial charge in [-0.3, -0.25) is 0 Å².